The highest BCUT2D eigenvalue weighted by Crippen LogP contribution is 2.20. The fourth-order valence-corrected chi connectivity index (χ4v) is 2.14. The van der Waals surface area contributed by atoms with E-state index in [9.17, 15) is 4.79 Å². The van der Waals surface area contributed by atoms with E-state index in [1.807, 2.05) is 48.1 Å². The Bertz CT molecular complexity index is 578. The molecule has 0 saturated heterocycles. The van der Waals surface area contributed by atoms with Crippen molar-refractivity contribution in [1.29, 1.82) is 0 Å². The number of carbonyl (C=O) groups is 1. The van der Waals surface area contributed by atoms with Crippen molar-refractivity contribution in [3.05, 3.63) is 54.1 Å². The van der Waals surface area contributed by atoms with Crippen LogP contribution in [0.15, 0.2) is 42.7 Å². The van der Waals surface area contributed by atoms with Crippen LogP contribution in [0.25, 0.3) is 0 Å². The number of imidazole rings is 1. The summed E-state index contributed by atoms with van der Waals surface area (Å²) in [5.74, 6) is 0.498. The van der Waals surface area contributed by atoms with Gasteiger partial charge in [0.1, 0.15) is 18.0 Å². The van der Waals surface area contributed by atoms with E-state index in [0.717, 1.165) is 11.4 Å². The van der Waals surface area contributed by atoms with E-state index in [4.69, 9.17) is 10.5 Å². The van der Waals surface area contributed by atoms with Crippen LogP contribution in [0.3, 0.4) is 0 Å². The maximum absolute atomic E-state index is 12.2. The number of nitrogens with zero attached hydrogens (tertiary/aromatic N) is 2. The van der Waals surface area contributed by atoms with E-state index >= 15 is 0 Å². The Morgan fingerprint density at radius 3 is 2.67 bits per heavy atom. The van der Waals surface area contributed by atoms with Crippen LogP contribution in [-0.2, 0) is 16.6 Å². The first kappa shape index (κ1) is 15.2. The van der Waals surface area contributed by atoms with Crippen LogP contribution in [-0.4, -0.2) is 35.2 Å². The summed E-state index contributed by atoms with van der Waals surface area (Å²) < 4.78 is 6.96. The zero-order valence-electron chi connectivity index (χ0n) is 12.2. The first-order chi connectivity index (χ1) is 10.2. The van der Waals surface area contributed by atoms with Crippen LogP contribution < -0.4 is 11.1 Å². The van der Waals surface area contributed by atoms with Crippen LogP contribution in [0, 0.1) is 0 Å². The zero-order valence-corrected chi connectivity index (χ0v) is 12.2. The SMILES string of the molecule is COC(CN)C(=O)NC(c1ccccc1)c1nccn1C. The number of nitrogens with two attached hydrogens (primary N) is 1. The molecule has 0 fully saturated rings. The molecule has 3 N–H and O–H groups in total. The lowest BCUT2D eigenvalue weighted by atomic mass is 10.1. The van der Waals surface area contributed by atoms with Gasteiger partial charge in [-0.3, -0.25) is 4.79 Å². The molecule has 21 heavy (non-hydrogen) atoms. The monoisotopic (exact) mass is 288 g/mol. The van der Waals surface area contributed by atoms with Crippen molar-refractivity contribution in [2.45, 2.75) is 12.1 Å². The molecule has 0 aliphatic rings. The topological polar surface area (TPSA) is 82.2 Å². The molecule has 1 heterocycles. The van der Waals surface area contributed by atoms with Gasteiger partial charge in [0.05, 0.1) is 0 Å². The van der Waals surface area contributed by atoms with E-state index in [1.165, 1.54) is 7.11 Å². The summed E-state index contributed by atoms with van der Waals surface area (Å²) >= 11 is 0. The molecule has 0 aliphatic carbocycles. The molecule has 112 valence electrons. The molecule has 0 saturated carbocycles. The number of ether oxygens (including phenoxy) is 1. The molecule has 0 radical (unpaired) electrons. The van der Waals surface area contributed by atoms with Crippen LogP contribution in [0.1, 0.15) is 17.4 Å². The second-order valence-electron chi connectivity index (χ2n) is 4.71. The second kappa shape index (κ2) is 7.01. The van der Waals surface area contributed by atoms with Gasteiger partial charge in [-0.25, -0.2) is 4.98 Å². The number of nitrogens with one attached hydrogen (secondary N) is 1. The van der Waals surface area contributed by atoms with Crippen molar-refractivity contribution in [3.8, 4) is 0 Å². The normalized spacial score (nSPS) is 13.7. The van der Waals surface area contributed by atoms with Gasteiger partial charge in [0.15, 0.2) is 0 Å². The molecule has 1 aromatic carbocycles. The van der Waals surface area contributed by atoms with E-state index in [0.29, 0.717) is 0 Å². The van der Waals surface area contributed by atoms with Gasteiger partial charge in [-0.2, -0.15) is 0 Å². The Morgan fingerprint density at radius 1 is 1.43 bits per heavy atom. The third-order valence-corrected chi connectivity index (χ3v) is 3.33. The van der Waals surface area contributed by atoms with Crippen molar-refractivity contribution in [1.82, 2.24) is 14.9 Å². The molecule has 1 aromatic heterocycles. The highest BCUT2D eigenvalue weighted by atomic mass is 16.5. The number of methoxy groups -OCH3 is 1. The number of hydrogen-bond acceptors (Lipinski definition) is 4. The fourth-order valence-electron chi connectivity index (χ4n) is 2.14. The summed E-state index contributed by atoms with van der Waals surface area (Å²) in [5.41, 5.74) is 6.49. The Hall–Kier alpha value is -2.18. The molecule has 2 atom stereocenters. The van der Waals surface area contributed by atoms with Gasteiger partial charge in [0, 0.05) is 33.1 Å². The Morgan fingerprint density at radius 2 is 2.14 bits per heavy atom. The summed E-state index contributed by atoms with van der Waals surface area (Å²) in [6.07, 6.45) is 2.87. The minimum Gasteiger partial charge on any atom is -0.370 e. The van der Waals surface area contributed by atoms with Crippen molar-refractivity contribution < 1.29 is 9.53 Å². The van der Waals surface area contributed by atoms with Crippen molar-refractivity contribution in [3.63, 3.8) is 0 Å². The first-order valence-corrected chi connectivity index (χ1v) is 6.72. The maximum Gasteiger partial charge on any atom is 0.251 e. The highest BCUT2D eigenvalue weighted by molar-refractivity contribution is 5.81. The Labute approximate surface area is 123 Å². The summed E-state index contributed by atoms with van der Waals surface area (Å²) in [6.45, 7) is 0.129. The van der Waals surface area contributed by atoms with Gasteiger partial charge in [-0.15, -0.1) is 0 Å². The standard InChI is InChI=1S/C15H20N4O2/c1-19-9-8-17-14(19)13(11-6-4-3-5-7-11)18-15(20)12(10-16)21-2/h3-9,12-13H,10,16H2,1-2H3,(H,18,20). The molecule has 0 bridgehead atoms. The van der Waals surface area contributed by atoms with Crippen LogP contribution >= 0.6 is 0 Å². The molecular weight excluding hydrogens is 268 g/mol. The minimum absolute atomic E-state index is 0.129. The molecule has 6 heteroatoms. The number of hydrogen-bond donors (Lipinski definition) is 2. The van der Waals surface area contributed by atoms with Gasteiger partial charge in [-0.05, 0) is 5.56 Å². The number of carbonyl (C=O) groups excluding carboxylic acids is 1. The molecule has 1 amide bonds. The van der Waals surface area contributed by atoms with Gasteiger partial charge < -0.3 is 20.4 Å². The molecular formula is C15H20N4O2. The predicted octanol–water partition coefficient (Wildman–Crippen LogP) is 0.599. The lowest BCUT2D eigenvalue weighted by molar-refractivity contribution is -0.131. The molecule has 2 rings (SSSR count). The Balaban J connectivity index is 2.30. The highest BCUT2D eigenvalue weighted by Gasteiger charge is 2.24. The third kappa shape index (κ3) is 3.48. The zero-order chi connectivity index (χ0) is 15.2. The van der Waals surface area contributed by atoms with Gasteiger partial charge in [0.2, 0.25) is 0 Å². The lowest BCUT2D eigenvalue weighted by Gasteiger charge is -2.21. The number of aromatic nitrogens is 2. The molecule has 6 nitrogen and oxygen atoms in total. The molecule has 0 spiro atoms. The van der Waals surface area contributed by atoms with Gasteiger partial charge in [-0.1, -0.05) is 30.3 Å². The predicted molar refractivity (Wildman–Crippen MR) is 79.5 cm³/mol. The van der Waals surface area contributed by atoms with Crippen molar-refractivity contribution in [2.75, 3.05) is 13.7 Å². The summed E-state index contributed by atoms with van der Waals surface area (Å²) in [4.78, 5) is 16.6. The number of benzene rings is 1. The first-order valence-electron chi connectivity index (χ1n) is 6.72. The third-order valence-electron chi connectivity index (χ3n) is 3.33. The average Bonchev–Trinajstić information content (AvgIpc) is 2.93. The molecule has 2 unspecified atom stereocenters. The van der Waals surface area contributed by atoms with Crippen molar-refractivity contribution >= 4 is 5.91 Å². The van der Waals surface area contributed by atoms with E-state index in [1.54, 1.807) is 6.20 Å². The van der Waals surface area contributed by atoms with Gasteiger partial charge in [0.25, 0.3) is 5.91 Å². The number of rotatable bonds is 6. The van der Waals surface area contributed by atoms with Crippen LogP contribution in [0.2, 0.25) is 0 Å². The number of aryl methyl sites for hydroxylation is 1. The summed E-state index contributed by atoms with van der Waals surface area (Å²) in [5, 5.41) is 2.95. The molecule has 0 aliphatic heterocycles. The fraction of sp³-hybridized carbons (Fsp3) is 0.333. The van der Waals surface area contributed by atoms with Crippen molar-refractivity contribution in [2.24, 2.45) is 12.8 Å². The lowest BCUT2D eigenvalue weighted by Crippen LogP contribution is -2.43. The van der Waals surface area contributed by atoms with Crippen LogP contribution in [0.5, 0.6) is 0 Å². The molecule has 2 aromatic rings. The van der Waals surface area contributed by atoms with E-state index in [-0.39, 0.29) is 18.5 Å². The van der Waals surface area contributed by atoms with Crippen LogP contribution in [0.4, 0.5) is 0 Å². The van der Waals surface area contributed by atoms with Gasteiger partial charge >= 0.3 is 0 Å². The van der Waals surface area contributed by atoms with E-state index in [2.05, 4.69) is 10.3 Å². The summed E-state index contributed by atoms with van der Waals surface area (Å²) in [7, 11) is 3.36. The largest absolute Gasteiger partial charge is 0.370 e. The van der Waals surface area contributed by atoms with E-state index < -0.39 is 6.10 Å². The second-order valence-corrected chi connectivity index (χ2v) is 4.71. The number of amides is 1. The quantitative estimate of drug-likeness (QED) is 0.815. The summed E-state index contributed by atoms with van der Waals surface area (Å²) in [6, 6.07) is 9.33. The average molecular weight is 288 g/mol. The maximum atomic E-state index is 12.2. The Kier molecular flexibility index (Phi) is 5.08. The minimum atomic E-state index is -0.670. The smallest absolute Gasteiger partial charge is 0.251 e.